The normalized spacial score (nSPS) is 16.2. The van der Waals surface area contributed by atoms with Crippen LogP contribution in [-0.4, -0.2) is 16.7 Å². The summed E-state index contributed by atoms with van der Waals surface area (Å²) < 4.78 is 0. The third kappa shape index (κ3) is 2.27. The molecule has 0 radical (unpaired) electrons. The number of aromatic nitrogens is 1. The minimum absolute atomic E-state index is 0.0489. The molecule has 1 atom stereocenters. The molecule has 0 spiro atoms. The average molecular weight is 200 g/mol. The molecule has 1 rings (SSSR count). The van der Waals surface area contributed by atoms with E-state index >= 15 is 0 Å². The van der Waals surface area contributed by atoms with E-state index < -0.39 is 5.54 Å². The Morgan fingerprint density at radius 1 is 1.69 bits per heavy atom. The van der Waals surface area contributed by atoms with Gasteiger partial charge in [-0.1, -0.05) is 13.8 Å². The van der Waals surface area contributed by atoms with E-state index in [0.717, 1.165) is 9.88 Å². The second-order valence-electron chi connectivity index (χ2n) is 3.79. The van der Waals surface area contributed by atoms with Crippen molar-refractivity contribution in [3.8, 4) is 0 Å². The van der Waals surface area contributed by atoms with Crippen molar-refractivity contribution >= 4 is 11.3 Å². The van der Waals surface area contributed by atoms with Gasteiger partial charge in [0.1, 0.15) is 0 Å². The average Bonchev–Trinajstić information content (AvgIpc) is 2.52. The Morgan fingerprint density at radius 2 is 2.31 bits per heavy atom. The Morgan fingerprint density at radius 3 is 2.69 bits per heavy atom. The van der Waals surface area contributed by atoms with E-state index in [1.54, 1.807) is 17.5 Å². The molecule has 0 aliphatic heterocycles. The summed E-state index contributed by atoms with van der Waals surface area (Å²) in [4.78, 5) is 5.20. The van der Waals surface area contributed by atoms with Gasteiger partial charge in [0.05, 0.1) is 17.2 Å². The highest BCUT2D eigenvalue weighted by Crippen LogP contribution is 2.27. The number of hydrogen-bond acceptors (Lipinski definition) is 4. The molecule has 1 aromatic rings. The fourth-order valence-corrected chi connectivity index (χ4v) is 1.87. The third-order valence-corrected chi connectivity index (χ3v) is 3.49. The molecule has 0 aliphatic carbocycles. The number of hydrogen-bond donors (Lipinski definition) is 2. The van der Waals surface area contributed by atoms with Crippen molar-refractivity contribution in [2.75, 3.05) is 6.61 Å². The molecule has 3 N–H and O–H groups in total. The second kappa shape index (κ2) is 3.74. The fourth-order valence-electron chi connectivity index (χ4n) is 0.896. The minimum atomic E-state index is -0.648. The van der Waals surface area contributed by atoms with Crippen molar-refractivity contribution in [3.05, 3.63) is 16.1 Å². The number of aliphatic hydroxyl groups is 1. The molecule has 74 valence electrons. The molecule has 0 amide bonds. The van der Waals surface area contributed by atoms with E-state index in [1.165, 1.54) is 0 Å². The number of nitrogens with zero attached hydrogens (tertiary/aromatic N) is 1. The first-order valence-electron chi connectivity index (χ1n) is 4.33. The molecule has 0 aromatic carbocycles. The summed E-state index contributed by atoms with van der Waals surface area (Å²) >= 11 is 1.58. The summed E-state index contributed by atoms with van der Waals surface area (Å²) in [5.74, 6) is 0.424. The van der Waals surface area contributed by atoms with Crippen LogP contribution >= 0.6 is 11.3 Å². The van der Waals surface area contributed by atoms with Gasteiger partial charge in [-0.05, 0) is 6.92 Å². The van der Waals surface area contributed by atoms with Crippen LogP contribution in [-0.2, 0) is 5.54 Å². The summed E-state index contributed by atoms with van der Waals surface area (Å²) in [6.45, 7) is 5.95. The van der Waals surface area contributed by atoms with Gasteiger partial charge in [0.15, 0.2) is 0 Å². The summed E-state index contributed by atoms with van der Waals surface area (Å²) in [6.07, 6.45) is 1.76. The van der Waals surface area contributed by atoms with Crippen LogP contribution in [0, 0.1) is 0 Å². The van der Waals surface area contributed by atoms with Gasteiger partial charge in [-0.25, -0.2) is 4.98 Å². The van der Waals surface area contributed by atoms with E-state index in [2.05, 4.69) is 18.8 Å². The Balaban J connectivity index is 2.91. The first kappa shape index (κ1) is 10.6. The van der Waals surface area contributed by atoms with Crippen LogP contribution < -0.4 is 5.73 Å². The molecular weight excluding hydrogens is 184 g/mol. The lowest BCUT2D eigenvalue weighted by Gasteiger charge is -2.18. The molecule has 13 heavy (non-hydrogen) atoms. The molecule has 1 aromatic heterocycles. The van der Waals surface area contributed by atoms with E-state index in [1.807, 2.05) is 6.92 Å². The number of thiazole rings is 1. The summed E-state index contributed by atoms with van der Waals surface area (Å²) in [6, 6.07) is 0. The standard InChI is InChI=1S/C9H16N2OS/c1-6(2)8-11-4-7(13-8)9(3,10)5-12/h4,6,12H,5,10H2,1-3H3. The molecule has 0 saturated heterocycles. The van der Waals surface area contributed by atoms with E-state index in [0.29, 0.717) is 5.92 Å². The third-order valence-electron chi connectivity index (χ3n) is 1.91. The molecule has 0 saturated carbocycles. The maximum atomic E-state index is 9.05. The molecule has 0 aliphatic rings. The van der Waals surface area contributed by atoms with Crippen LogP contribution in [0.3, 0.4) is 0 Å². The van der Waals surface area contributed by atoms with Crippen molar-refractivity contribution in [3.63, 3.8) is 0 Å². The fraction of sp³-hybridized carbons (Fsp3) is 0.667. The van der Waals surface area contributed by atoms with Gasteiger partial charge in [0.2, 0.25) is 0 Å². The molecule has 0 bridgehead atoms. The van der Waals surface area contributed by atoms with Crippen LogP contribution in [0.2, 0.25) is 0 Å². The largest absolute Gasteiger partial charge is 0.394 e. The van der Waals surface area contributed by atoms with Crippen LogP contribution in [0.25, 0.3) is 0 Å². The van der Waals surface area contributed by atoms with Gasteiger partial charge >= 0.3 is 0 Å². The zero-order valence-electron chi connectivity index (χ0n) is 8.24. The predicted octanol–water partition coefficient (Wildman–Crippen LogP) is 1.43. The van der Waals surface area contributed by atoms with Crippen molar-refractivity contribution < 1.29 is 5.11 Å². The van der Waals surface area contributed by atoms with Gasteiger partial charge in [-0.2, -0.15) is 0 Å². The Kier molecular flexibility index (Phi) is 3.05. The maximum absolute atomic E-state index is 9.05. The molecular formula is C9H16N2OS. The topological polar surface area (TPSA) is 59.1 Å². The van der Waals surface area contributed by atoms with Crippen molar-refractivity contribution in [2.45, 2.75) is 32.2 Å². The van der Waals surface area contributed by atoms with Crippen molar-refractivity contribution in [1.29, 1.82) is 0 Å². The van der Waals surface area contributed by atoms with Gasteiger partial charge in [0.25, 0.3) is 0 Å². The minimum Gasteiger partial charge on any atom is -0.394 e. The number of nitrogens with two attached hydrogens (primary N) is 1. The molecule has 4 heteroatoms. The number of aliphatic hydroxyl groups excluding tert-OH is 1. The van der Waals surface area contributed by atoms with E-state index in [4.69, 9.17) is 10.8 Å². The zero-order valence-corrected chi connectivity index (χ0v) is 9.06. The van der Waals surface area contributed by atoms with Gasteiger partial charge in [-0.3, -0.25) is 0 Å². The van der Waals surface area contributed by atoms with Crippen LogP contribution in [0.4, 0.5) is 0 Å². The molecule has 1 heterocycles. The highest BCUT2D eigenvalue weighted by Gasteiger charge is 2.23. The zero-order chi connectivity index (χ0) is 10.1. The molecule has 3 nitrogen and oxygen atoms in total. The lowest BCUT2D eigenvalue weighted by Crippen LogP contribution is -2.35. The predicted molar refractivity (Wildman–Crippen MR) is 54.8 cm³/mol. The van der Waals surface area contributed by atoms with Gasteiger partial charge < -0.3 is 10.8 Å². The summed E-state index contributed by atoms with van der Waals surface area (Å²) in [7, 11) is 0. The SMILES string of the molecule is CC(C)c1ncc(C(C)(N)CO)s1. The van der Waals surface area contributed by atoms with Gasteiger partial charge in [-0.15, -0.1) is 11.3 Å². The Labute approximate surface area is 82.6 Å². The maximum Gasteiger partial charge on any atom is 0.0953 e. The first-order chi connectivity index (χ1) is 5.97. The Hall–Kier alpha value is -0.450. The highest BCUT2D eigenvalue weighted by molar-refractivity contribution is 7.11. The monoisotopic (exact) mass is 200 g/mol. The summed E-state index contributed by atoms with van der Waals surface area (Å²) in [5, 5.41) is 10.1. The Bertz CT molecular complexity index is 281. The molecule has 1 unspecified atom stereocenters. The van der Waals surface area contributed by atoms with Crippen LogP contribution in [0.15, 0.2) is 6.20 Å². The van der Waals surface area contributed by atoms with E-state index in [9.17, 15) is 0 Å². The van der Waals surface area contributed by atoms with Crippen LogP contribution in [0.1, 0.15) is 36.6 Å². The lowest BCUT2D eigenvalue weighted by atomic mass is 10.1. The van der Waals surface area contributed by atoms with Gasteiger partial charge in [0, 0.05) is 17.0 Å². The van der Waals surface area contributed by atoms with Crippen molar-refractivity contribution in [2.24, 2.45) is 5.73 Å². The lowest BCUT2D eigenvalue weighted by molar-refractivity contribution is 0.212. The first-order valence-corrected chi connectivity index (χ1v) is 5.15. The van der Waals surface area contributed by atoms with Crippen molar-refractivity contribution in [1.82, 2.24) is 4.98 Å². The molecule has 0 fully saturated rings. The summed E-state index contributed by atoms with van der Waals surface area (Å²) in [5.41, 5.74) is 5.22. The van der Waals surface area contributed by atoms with E-state index in [-0.39, 0.29) is 6.61 Å². The smallest absolute Gasteiger partial charge is 0.0953 e. The highest BCUT2D eigenvalue weighted by atomic mass is 32.1. The second-order valence-corrected chi connectivity index (χ2v) is 4.86. The number of rotatable bonds is 3. The quantitative estimate of drug-likeness (QED) is 0.776. The van der Waals surface area contributed by atoms with Crippen LogP contribution in [0.5, 0.6) is 0 Å².